The molecule has 0 aromatic carbocycles. The molecule has 0 amide bonds. The van der Waals surface area contributed by atoms with Gasteiger partial charge in [0.25, 0.3) is 0 Å². The second-order valence-electron chi connectivity index (χ2n) is 5.76. The predicted octanol–water partition coefficient (Wildman–Crippen LogP) is 2.76. The number of thiazole rings is 1. The summed E-state index contributed by atoms with van der Waals surface area (Å²) < 4.78 is 10.5. The zero-order valence-corrected chi connectivity index (χ0v) is 14.2. The van der Waals surface area contributed by atoms with Crippen molar-refractivity contribution in [3.8, 4) is 0 Å². The van der Waals surface area contributed by atoms with Crippen LogP contribution >= 0.6 is 11.3 Å². The van der Waals surface area contributed by atoms with E-state index >= 15 is 0 Å². The van der Waals surface area contributed by atoms with E-state index in [0.29, 0.717) is 19.8 Å². The van der Waals surface area contributed by atoms with Gasteiger partial charge < -0.3 is 14.8 Å². The third-order valence-corrected chi connectivity index (χ3v) is 3.99. The molecule has 0 aliphatic rings. The second-order valence-corrected chi connectivity index (χ2v) is 6.93. The Bertz CT molecular complexity index is 386. The van der Waals surface area contributed by atoms with Gasteiger partial charge in [-0.05, 0) is 6.54 Å². The minimum atomic E-state index is 0.0937. The maximum atomic E-state index is 5.52. The van der Waals surface area contributed by atoms with Crippen LogP contribution in [-0.4, -0.2) is 38.5 Å². The molecule has 4 nitrogen and oxygen atoms in total. The largest absolute Gasteiger partial charge is 0.382 e. The molecule has 1 aromatic heterocycles. The number of hydrogen-bond donors (Lipinski definition) is 1. The molecular formula is C15H28N2O2S. The van der Waals surface area contributed by atoms with Crippen molar-refractivity contribution < 1.29 is 9.47 Å². The minimum absolute atomic E-state index is 0.0937. The number of methoxy groups -OCH3 is 1. The highest BCUT2D eigenvalue weighted by Gasteiger charge is 2.22. The van der Waals surface area contributed by atoms with Crippen LogP contribution in [0.2, 0.25) is 0 Å². The minimum Gasteiger partial charge on any atom is -0.382 e. The smallest absolute Gasteiger partial charge is 0.0954 e. The summed E-state index contributed by atoms with van der Waals surface area (Å²) in [7, 11) is 1.69. The average molecular weight is 300 g/mol. The maximum absolute atomic E-state index is 5.52. The molecule has 0 unspecified atom stereocenters. The van der Waals surface area contributed by atoms with Gasteiger partial charge in [0.1, 0.15) is 0 Å². The standard InChI is InChI=1S/C15H28N2O2S/c1-6-16-11-12-14(15(2,3)4)17-13(20-12)7-8-19-10-9-18-5/h16H,6-11H2,1-5H3. The lowest BCUT2D eigenvalue weighted by atomic mass is 9.91. The van der Waals surface area contributed by atoms with Gasteiger partial charge in [-0.2, -0.15) is 0 Å². The van der Waals surface area contributed by atoms with Crippen molar-refractivity contribution in [3.05, 3.63) is 15.6 Å². The van der Waals surface area contributed by atoms with E-state index in [0.717, 1.165) is 19.5 Å². The lowest BCUT2D eigenvalue weighted by Crippen LogP contribution is -2.18. The molecule has 0 radical (unpaired) electrons. The molecule has 5 heteroatoms. The Kier molecular flexibility index (Phi) is 7.66. The van der Waals surface area contributed by atoms with Crippen molar-refractivity contribution in [2.24, 2.45) is 0 Å². The molecule has 20 heavy (non-hydrogen) atoms. The summed E-state index contributed by atoms with van der Waals surface area (Å²) in [4.78, 5) is 6.17. The van der Waals surface area contributed by atoms with Crippen molar-refractivity contribution in [3.63, 3.8) is 0 Å². The van der Waals surface area contributed by atoms with Crippen molar-refractivity contribution in [1.82, 2.24) is 10.3 Å². The molecule has 0 saturated heterocycles. The molecule has 0 saturated carbocycles. The van der Waals surface area contributed by atoms with Gasteiger partial charge in [-0.3, -0.25) is 0 Å². The van der Waals surface area contributed by atoms with Gasteiger partial charge >= 0.3 is 0 Å². The summed E-state index contributed by atoms with van der Waals surface area (Å²) in [5.41, 5.74) is 1.31. The van der Waals surface area contributed by atoms with E-state index < -0.39 is 0 Å². The van der Waals surface area contributed by atoms with Crippen LogP contribution in [0.3, 0.4) is 0 Å². The topological polar surface area (TPSA) is 43.4 Å². The molecular weight excluding hydrogens is 272 g/mol. The van der Waals surface area contributed by atoms with Crippen LogP contribution < -0.4 is 5.32 Å². The fraction of sp³-hybridized carbons (Fsp3) is 0.800. The monoisotopic (exact) mass is 300 g/mol. The molecule has 0 spiro atoms. The molecule has 1 N–H and O–H groups in total. The van der Waals surface area contributed by atoms with E-state index in [2.05, 4.69) is 33.0 Å². The molecule has 1 rings (SSSR count). The molecule has 1 aromatic rings. The van der Waals surface area contributed by atoms with Gasteiger partial charge in [0.2, 0.25) is 0 Å². The van der Waals surface area contributed by atoms with Crippen molar-refractivity contribution >= 4 is 11.3 Å². The average Bonchev–Trinajstić information content (AvgIpc) is 2.79. The summed E-state index contributed by atoms with van der Waals surface area (Å²) in [6.45, 7) is 12.7. The van der Waals surface area contributed by atoms with Crippen molar-refractivity contribution in [2.75, 3.05) is 33.5 Å². The fourth-order valence-corrected chi connectivity index (χ4v) is 3.08. The molecule has 0 atom stereocenters. The summed E-state index contributed by atoms with van der Waals surface area (Å²) in [5.74, 6) is 0. The van der Waals surface area contributed by atoms with Gasteiger partial charge in [0, 0.05) is 30.4 Å². The molecule has 116 valence electrons. The predicted molar refractivity (Wildman–Crippen MR) is 84.6 cm³/mol. The molecule has 1 heterocycles. The quantitative estimate of drug-likeness (QED) is 0.712. The first-order valence-electron chi connectivity index (χ1n) is 7.25. The number of hydrogen-bond acceptors (Lipinski definition) is 5. The normalized spacial score (nSPS) is 12.1. The summed E-state index contributed by atoms with van der Waals surface area (Å²) >= 11 is 1.81. The molecule has 0 bridgehead atoms. The third kappa shape index (κ3) is 5.87. The number of ether oxygens (including phenoxy) is 2. The zero-order chi connectivity index (χ0) is 15.0. The number of nitrogens with zero attached hydrogens (tertiary/aromatic N) is 1. The van der Waals surface area contributed by atoms with E-state index in [1.54, 1.807) is 18.4 Å². The van der Waals surface area contributed by atoms with Crippen LogP contribution in [0.4, 0.5) is 0 Å². The van der Waals surface area contributed by atoms with Gasteiger partial charge in [0.15, 0.2) is 0 Å². The Balaban J connectivity index is 2.61. The van der Waals surface area contributed by atoms with Gasteiger partial charge in [-0.25, -0.2) is 4.98 Å². The Morgan fingerprint density at radius 1 is 1.20 bits per heavy atom. The number of aromatic nitrogens is 1. The van der Waals surface area contributed by atoms with Gasteiger partial charge in [-0.15, -0.1) is 11.3 Å². The van der Waals surface area contributed by atoms with Crippen molar-refractivity contribution in [2.45, 2.75) is 46.1 Å². The number of nitrogens with one attached hydrogen (secondary N) is 1. The third-order valence-electron chi connectivity index (χ3n) is 2.88. The summed E-state index contributed by atoms with van der Waals surface area (Å²) in [6, 6.07) is 0. The van der Waals surface area contributed by atoms with Crippen molar-refractivity contribution in [1.29, 1.82) is 0 Å². The van der Waals surface area contributed by atoms with E-state index in [1.165, 1.54) is 15.6 Å². The van der Waals surface area contributed by atoms with Crippen LogP contribution in [-0.2, 0) is 27.9 Å². The van der Waals surface area contributed by atoms with Crippen LogP contribution in [0.1, 0.15) is 43.3 Å². The summed E-state index contributed by atoms with van der Waals surface area (Å²) in [6.07, 6.45) is 0.879. The lowest BCUT2D eigenvalue weighted by molar-refractivity contribution is 0.0722. The highest BCUT2D eigenvalue weighted by molar-refractivity contribution is 7.11. The first kappa shape index (κ1) is 17.6. The highest BCUT2D eigenvalue weighted by Crippen LogP contribution is 2.29. The number of rotatable bonds is 9. The fourth-order valence-electron chi connectivity index (χ4n) is 1.86. The lowest BCUT2D eigenvalue weighted by Gasteiger charge is -2.17. The SMILES string of the molecule is CCNCc1sc(CCOCCOC)nc1C(C)(C)C. The Morgan fingerprint density at radius 3 is 2.55 bits per heavy atom. The van der Waals surface area contributed by atoms with E-state index in [-0.39, 0.29) is 5.41 Å². The molecule has 0 aliphatic carbocycles. The van der Waals surface area contributed by atoms with Gasteiger partial charge in [-0.1, -0.05) is 27.7 Å². The van der Waals surface area contributed by atoms with Gasteiger partial charge in [0.05, 0.1) is 30.5 Å². The van der Waals surface area contributed by atoms with Crippen LogP contribution in [0.15, 0.2) is 0 Å². The molecule has 0 fully saturated rings. The zero-order valence-electron chi connectivity index (χ0n) is 13.4. The van der Waals surface area contributed by atoms with E-state index in [1.807, 2.05) is 0 Å². The van der Waals surface area contributed by atoms with Crippen LogP contribution in [0.25, 0.3) is 0 Å². The highest BCUT2D eigenvalue weighted by atomic mass is 32.1. The Labute approximate surface area is 126 Å². The van der Waals surface area contributed by atoms with Crippen LogP contribution in [0.5, 0.6) is 0 Å². The van der Waals surface area contributed by atoms with E-state index in [9.17, 15) is 0 Å². The Morgan fingerprint density at radius 2 is 1.95 bits per heavy atom. The second kappa shape index (κ2) is 8.72. The maximum Gasteiger partial charge on any atom is 0.0954 e. The first-order valence-corrected chi connectivity index (χ1v) is 8.07. The van der Waals surface area contributed by atoms with E-state index in [4.69, 9.17) is 14.5 Å². The Hall–Kier alpha value is -0.490. The summed E-state index contributed by atoms with van der Waals surface area (Å²) in [5, 5.41) is 4.56. The molecule has 0 aliphatic heterocycles. The first-order chi connectivity index (χ1) is 9.49. The van der Waals surface area contributed by atoms with Crippen LogP contribution in [0, 0.1) is 0 Å².